The number of unbranched alkanes of at least 4 members (excludes halogenated alkanes) is 2. The van der Waals surface area contributed by atoms with Crippen LogP contribution in [0.3, 0.4) is 0 Å². The number of carboxylic acid groups (broad SMARTS) is 1. The van der Waals surface area contributed by atoms with Crippen molar-refractivity contribution in [3.8, 4) is 0 Å². The Balaban J connectivity index is -0.000000512. The summed E-state index contributed by atoms with van der Waals surface area (Å²) in [5.74, 6) is -1.94. The molecule has 2 aromatic carbocycles. The predicted octanol–water partition coefficient (Wildman–Crippen LogP) is 8.44. The second-order valence-electron chi connectivity index (χ2n) is 8.80. The van der Waals surface area contributed by atoms with E-state index in [9.17, 15) is 19.2 Å². The fourth-order valence-electron chi connectivity index (χ4n) is 2.38. The van der Waals surface area contributed by atoms with Gasteiger partial charge in [-0.2, -0.15) is 0 Å². The average molecular weight is 635 g/mol. The van der Waals surface area contributed by atoms with E-state index in [-0.39, 0.29) is 17.9 Å². The summed E-state index contributed by atoms with van der Waals surface area (Å²) in [5.41, 5.74) is 2.66. The lowest BCUT2D eigenvalue weighted by atomic mass is 10.2. The van der Waals surface area contributed by atoms with Crippen LogP contribution in [0.2, 0.25) is 0 Å². The normalized spacial score (nSPS) is 9.13. The summed E-state index contributed by atoms with van der Waals surface area (Å²) < 4.78 is 13.6. The Morgan fingerprint density at radius 2 is 1.17 bits per heavy atom. The Bertz CT molecular complexity index is 1170. The fourth-order valence-corrected chi connectivity index (χ4v) is 2.38. The van der Waals surface area contributed by atoms with E-state index >= 15 is 0 Å². The summed E-state index contributed by atoms with van der Waals surface area (Å²) in [6.07, 6.45) is 14.3. The Morgan fingerprint density at radius 1 is 0.739 bits per heavy atom. The fraction of sp³-hybridized carbons (Fsp3) is 0.263. The molecule has 0 radical (unpaired) electrons. The molecule has 8 heteroatoms. The monoisotopic (exact) mass is 634 g/mol. The molecule has 0 fully saturated rings. The number of methoxy groups -OCH3 is 1. The molecule has 0 spiro atoms. The van der Waals surface area contributed by atoms with Crippen molar-refractivity contribution in [2.24, 2.45) is 0 Å². The summed E-state index contributed by atoms with van der Waals surface area (Å²) in [6.45, 7) is 20.2. The second-order valence-corrected chi connectivity index (χ2v) is 8.80. The van der Waals surface area contributed by atoms with Gasteiger partial charge in [0, 0.05) is 23.8 Å². The molecule has 0 saturated carbocycles. The first kappa shape index (κ1) is 45.2. The SMILES string of the molecule is C=C(C)C(=O)OC.C=CC(=O)OCCCC.C=CC(=O)OCCCC.C=Cc1ccccc1.O=C(O)C=CC=Cc1ccccc1. The third kappa shape index (κ3) is 35.0. The van der Waals surface area contributed by atoms with Gasteiger partial charge in [-0.25, -0.2) is 19.2 Å². The van der Waals surface area contributed by atoms with Crippen molar-refractivity contribution in [2.75, 3.05) is 20.3 Å². The Morgan fingerprint density at radius 3 is 1.46 bits per heavy atom. The summed E-state index contributed by atoms with van der Waals surface area (Å²) in [4.78, 5) is 41.0. The van der Waals surface area contributed by atoms with Gasteiger partial charge < -0.3 is 19.3 Å². The van der Waals surface area contributed by atoms with E-state index in [2.05, 4.69) is 40.5 Å². The largest absolute Gasteiger partial charge is 0.478 e. The molecule has 8 nitrogen and oxygen atoms in total. The summed E-state index contributed by atoms with van der Waals surface area (Å²) >= 11 is 0. The van der Waals surface area contributed by atoms with Gasteiger partial charge in [0.2, 0.25) is 0 Å². The number of carbonyl (C=O) groups excluding carboxylic acids is 3. The average Bonchev–Trinajstić information content (AvgIpc) is 3.08. The molecule has 1 N–H and O–H groups in total. The first-order chi connectivity index (χ1) is 22.0. The molecule has 0 atom stereocenters. The van der Waals surface area contributed by atoms with Gasteiger partial charge >= 0.3 is 23.9 Å². The van der Waals surface area contributed by atoms with Crippen molar-refractivity contribution in [2.45, 2.75) is 46.5 Å². The summed E-state index contributed by atoms with van der Waals surface area (Å²) in [7, 11) is 1.33. The highest BCUT2D eigenvalue weighted by atomic mass is 16.5. The van der Waals surface area contributed by atoms with E-state index in [1.807, 2.05) is 86.7 Å². The number of aliphatic carboxylic acids is 1. The van der Waals surface area contributed by atoms with Crippen LogP contribution in [-0.4, -0.2) is 49.3 Å². The van der Waals surface area contributed by atoms with E-state index < -0.39 is 5.97 Å². The highest BCUT2D eigenvalue weighted by Crippen LogP contribution is 2.00. The molecule has 0 bridgehead atoms. The van der Waals surface area contributed by atoms with Crippen molar-refractivity contribution in [3.63, 3.8) is 0 Å². The topological polar surface area (TPSA) is 116 Å². The molecule has 250 valence electrons. The lowest BCUT2D eigenvalue weighted by molar-refractivity contribution is -0.138. The van der Waals surface area contributed by atoms with Crippen molar-refractivity contribution in [3.05, 3.63) is 134 Å². The van der Waals surface area contributed by atoms with Crippen LogP contribution in [0.25, 0.3) is 12.2 Å². The number of ether oxygens (including phenoxy) is 3. The molecule has 0 aromatic heterocycles. The maximum absolute atomic E-state index is 10.3. The molecule has 0 aliphatic rings. The predicted molar refractivity (Wildman–Crippen MR) is 188 cm³/mol. The lowest BCUT2D eigenvalue weighted by Crippen LogP contribution is -2.00. The first-order valence-electron chi connectivity index (χ1n) is 14.6. The Kier molecular flexibility index (Phi) is 33.7. The van der Waals surface area contributed by atoms with Gasteiger partial charge in [0.25, 0.3) is 0 Å². The van der Waals surface area contributed by atoms with E-state index in [1.165, 1.54) is 30.9 Å². The maximum atomic E-state index is 10.3. The van der Waals surface area contributed by atoms with Gasteiger partial charge in [-0.1, -0.05) is 138 Å². The van der Waals surface area contributed by atoms with E-state index in [0.717, 1.165) is 37.3 Å². The molecule has 46 heavy (non-hydrogen) atoms. The van der Waals surface area contributed by atoms with Crippen LogP contribution < -0.4 is 0 Å². The van der Waals surface area contributed by atoms with Crippen molar-refractivity contribution < 1.29 is 38.5 Å². The lowest BCUT2D eigenvalue weighted by Gasteiger charge is -1.97. The number of hydrogen-bond acceptors (Lipinski definition) is 7. The number of esters is 3. The van der Waals surface area contributed by atoms with Gasteiger partial charge in [-0.15, -0.1) is 0 Å². The molecular weight excluding hydrogens is 584 g/mol. The second kappa shape index (κ2) is 34.3. The molecule has 2 aromatic rings. The van der Waals surface area contributed by atoms with Crippen molar-refractivity contribution >= 4 is 36.0 Å². The molecule has 2 rings (SSSR count). The van der Waals surface area contributed by atoms with Crippen LogP contribution in [0.5, 0.6) is 0 Å². The zero-order valence-electron chi connectivity index (χ0n) is 27.7. The van der Waals surface area contributed by atoms with Gasteiger partial charge in [0.15, 0.2) is 0 Å². The number of hydrogen-bond donors (Lipinski definition) is 1. The molecule has 0 aliphatic carbocycles. The number of benzene rings is 2. The van der Waals surface area contributed by atoms with Crippen LogP contribution in [0.15, 0.2) is 123 Å². The van der Waals surface area contributed by atoms with Crippen LogP contribution in [0.4, 0.5) is 0 Å². The molecule has 0 saturated heterocycles. The zero-order chi connectivity index (χ0) is 35.4. The highest BCUT2D eigenvalue weighted by molar-refractivity contribution is 5.86. The van der Waals surface area contributed by atoms with E-state index in [1.54, 1.807) is 13.0 Å². The molecule has 0 amide bonds. The van der Waals surface area contributed by atoms with Crippen LogP contribution in [0, 0.1) is 0 Å². The van der Waals surface area contributed by atoms with Gasteiger partial charge in [-0.05, 0) is 30.9 Å². The minimum Gasteiger partial charge on any atom is -0.478 e. The van der Waals surface area contributed by atoms with Crippen molar-refractivity contribution in [1.82, 2.24) is 0 Å². The zero-order valence-corrected chi connectivity index (χ0v) is 27.7. The number of carbonyl (C=O) groups is 4. The molecule has 0 heterocycles. The molecule has 0 aliphatic heterocycles. The number of allylic oxidation sites excluding steroid dienone is 2. The molecule has 0 unspecified atom stereocenters. The third-order valence-electron chi connectivity index (χ3n) is 4.83. The number of carboxylic acids is 1. The standard InChI is InChI=1S/C11H10O2.C8H8.2C7H12O2.C5H8O2/c12-11(13)9-5-4-8-10-6-2-1-3-7-10;1-2-8-6-4-3-5-7-8;2*1-3-5-6-9-7(8)4-2;1-4(2)5(6)7-3/h1-9H,(H,12,13);2-7H,1H2;2*4H,2-3,5-6H2,1H3;1H2,2-3H3. The number of rotatable bonds is 13. The summed E-state index contributed by atoms with van der Waals surface area (Å²) in [6, 6.07) is 19.7. The first-order valence-corrected chi connectivity index (χ1v) is 14.6. The van der Waals surface area contributed by atoms with Gasteiger partial charge in [-0.3, -0.25) is 0 Å². The Labute approximate surface area is 275 Å². The quantitative estimate of drug-likeness (QED) is 0.0767. The third-order valence-corrected chi connectivity index (χ3v) is 4.83. The van der Waals surface area contributed by atoms with Crippen molar-refractivity contribution in [1.29, 1.82) is 0 Å². The minimum atomic E-state index is -0.933. The van der Waals surface area contributed by atoms with Crippen LogP contribution in [0.1, 0.15) is 57.6 Å². The minimum absolute atomic E-state index is 0.330. The Hall–Kier alpha value is -5.24. The van der Waals surface area contributed by atoms with Crippen LogP contribution >= 0.6 is 0 Å². The molecular formula is C38H50O8. The highest BCUT2D eigenvalue weighted by Gasteiger charge is 1.95. The van der Waals surface area contributed by atoms with Crippen LogP contribution in [-0.2, 0) is 33.4 Å². The van der Waals surface area contributed by atoms with E-state index in [0.29, 0.717) is 18.8 Å². The van der Waals surface area contributed by atoms with Gasteiger partial charge in [0.1, 0.15) is 0 Å². The smallest absolute Gasteiger partial charge is 0.332 e. The summed E-state index contributed by atoms with van der Waals surface area (Å²) in [5, 5.41) is 8.29. The van der Waals surface area contributed by atoms with E-state index in [4.69, 9.17) is 5.11 Å². The maximum Gasteiger partial charge on any atom is 0.332 e. The van der Waals surface area contributed by atoms with Gasteiger partial charge in [0.05, 0.1) is 20.3 Å².